The van der Waals surface area contributed by atoms with Crippen LogP contribution in [0.1, 0.15) is 13.8 Å². The minimum Gasteiger partial charge on any atom is -0.391 e. The van der Waals surface area contributed by atoms with E-state index in [-0.39, 0.29) is 0 Å². The standard InChI is InChI=1S/C8H15NO5/c1-4(11)7(13)8(14)6(3-10)9-5(2)12/h3-4,6-8,11,13-14H,1-2H3,(H,9,12)/t4-,6-,7+,8-/m0/s1. The number of carbonyl (C=O) groups is 2. The predicted molar refractivity (Wildman–Crippen MR) is 47.4 cm³/mol. The van der Waals surface area contributed by atoms with Crippen molar-refractivity contribution in [1.82, 2.24) is 5.32 Å². The fraction of sp³-hybridized carbons (Fsp3) is 0.750. The van der Waals surface area contributed by atoms with E-state index in [1.807, 2.05) is 0 Å². The van der Waals surface area contributed by atoms with Crippen molar-refractivity contribution < 1.29 is 24.9 Å². The van der Waals surface area contributed by atoms with Crippen LogP contribution in [0.15, 0.2) is 0 Å². The van der Waals surface area contributed by atoms with E-state index in [4.69, 9.17) is 5.11 Å². The summed E-state index contributed by atoms with van der Waals surface area (Å²) in [4.78, 5) is 21.0. The highest BCUT2D eigenvalue weighted by Crippen LogP contribution is 2.03. The molecule has 0 aliphatic carbocycles. The number of aliphatic hydroxyl groups is 3. The van der Waals surface area contributed by atoms with Crippen LogP contribution in [0.5, 0.6) is 0 Å². The molecular weight excluding hydrogens is 190 g/mol. The van der Waals surface area contributed by atoms with E-state index in [1.54, 1.807) is 0 Å². The minimum absolute atomic E-state index is 0.303. The Labute approximate surface area is 81.5 Å². The molecule has 0 heterocycles. The van der Waals surface area contributed by atoms with Crippen molar-refractivity contribution in [1.29, 1.82) is 0 Å². The molecule has 0 spiro atoms. The Bertz CT molecular complexity index is 206. The molecule has 0 aromatic rings. The summed E-state index contributed by atoms with van der Waals surface area (Å²) in [7, 11) is 0. The zero-order chi connectivity index (χ0) is 11.3. The van der Waals surface area contributed by atoms with Gasteiger partial charge in [-0.05, 0) is 6.92 Å². The molecule has 0 aromatic heterocycles. The Kier molecular flexibility index (Phi) is 5.29. The molecule has 0 saturated heterocycles. The Hall–Kier alpha value is -0.980. The van der Waals surface area contributed by atoms with Gasteiger partial charge in [0.25, 0.3) is 0 Å². The topological polar surface area (TPSA) is 107 Å². The van der Waals surface area contributed by atoms with Gasteiger partial charge in [-0.2, -0.15) is 0 Å². The van der Waals surface area contributed by atoms with Gasteiger partial charge in [0.1, 0.15) is 24.5 Å². The quantitative estimate of drug-likeness (QED) is 0.381. The van der Waals surface area contributed by atoms with Crippen LogP contribution in [-0.2, 0) is 9.59 Å². The van der Waals surface area contributed by atoms with Gasteiger partial charge in [0.05, 0.1) is 6.10 Å². The average molecular weight is 205 g/mol. The third-order valence-corrected chi connectivity index (χ3v) is 1.73. The molecule has 0 saturated carbocycles. The molecule has 0 unspecified atom stereocenters. The first-order valence-electron chi connectivity index (χ1n) is 4.16. The van der Waals surface area contributed by atoms with Crippen LogP contribution < -0.4 is 5.32 Å². The Morgan fingerprint density at radius 2 is 1.79 bits per heavy atom. The van der Waals surface area contributed by atoms with Crippen molar-refractivity contribution >= 4 is 12.2 Å². The van der Waals surface area contributed by atoms with Gasteiger partial charge < -0.3 is 25.4 Å². The van der Waals surface area contributed by atoms with Gasteiger partial charge in [0.15, 0.2) is 0 Å². The van der Waals surface area contributed by atoms with E-state index in [0.29, 0.717) is 6.29 Å². The van der Waals surface area contributed by atoms with Gasteiger partial charge in [0, 0.05) is 6.92 Å². The second kappa shape index (κ2) is 5.69. The molecule has 0 radical (unpaired) electrons. The first-order chi connectivity index (χ1) is 6.40. The van der Waals surface area contributed by atoms with Gasteiger partial charge in [-0.25, -0.2) is 0 Å². The number of nitrogens with one attached hydrogen (secondary N) is 1. The summed E-state index contributed by atoms with van der Waals surface area (Å²) < 4.78 is 0. The summed E-state index contributed by atoms with van der Waals surface area (Å²) in [6.45, 7) is 2.45. The van der Waals surface area contributed by atoms with Gasteiger partial charge in [-0.15, -0.1) is 0 Å². The van der Waals surface area contributed by atoms with E-state index in [2.05, 4.69) is 5.32 Å². The van der Waals surface area contributed by atoms with Crippen molar-refractivity contribution in [2.24, 2.45) is 0 Å². The van der Waals surface area contributed by atoms with Crippen molar-refractivity contribution in [3.63, 3.8) is 0 Å². The van der Waals surface area contributed by atoms with Crippen LogP contribution in [0.2, 0.25) is 0 Å². The number of carbonyl (C=O) groups excluding carboxylic acids is 2. The first-order valence-corrected chi connectivity index (χ1v) is 4.16. The fourth-order valence-corrected chi connectivity index (χ4v) is 0.932. The number of rotatable bonds is 5. The van der Waals surface area contributed by atoms with Gasteiger partial charge in [0.2, 0.25) is 5.91 Å². The monoisotopic (exact) mass is 205 g/mol. The smallest absolute Gasteiger partial charge is 0.217 e. The van der Waals surface area contributed by atoms with Crippen molar-refractivity contribution in [2.45, 2.75) is 38.2 Å². The SMILES string of the molecule is CC(=O)N[C@@H](C=O)[C@H](O)[C@H](O)[C@H](C)O. The van der Waals surface area contributed by atoms with Crippen LogP contribution in [0, 0.1) is 0 Å². The molecule has 6 nitrogen and oxygen atoms in total. The lowest BCUT2D eigenvalue weighted by Crippen LogP contribution is -2.51. The second-order valence-electron chi connectivity index (χ2n) is 3.08. The molecule has 14 heavy (non-hydrogen) atoms. The molecule has 0 fully saturated rings. The molecule has 82 valence electrons. The van der Waals surface area contributed by atoms with E-state index in [1.165, 1.54) is 13.8 Å². The maximum atomic E-state index is 10.6. The zero-order valence-corrected chi connectivity index (χ0v) is 8.04. The van der Waals surface area contributed by atoms with Crippen molar-refractivity contribution in [3.8, 4) is 0 Å². The van der Waals surface area contributed by atoms with Gasteiger partial charge in [-0.3, -0.25) is 4.79 Å². The number of aldehydes is 1. The number of amides is 1. The number of aliphatic hydroxyl groups excluding tert-OH is 3. The maximum absolute atomic E-state index is 10.6. The predicted octanol–water partition coefficient (Wildman–Crippen LogP) is -2.21. The number of hydrogen-bond donors (Lipinski definition) is 4. The highest BCUT2D eigenvalue weighted by molar-refractivity contribution is 5.77. The lowest BCUT2D eigenvalue weighted by Gasteiger charge is -2.24. The van der Waals surface area contributed by atoms with Crippen molar-refractivity contribution in [2.75, 3.05) is 0 Å². The summed E-state index contributed by atoms with van der Waals surface area (Å²) in [5.74, 6) is -0.501. The van der Waals surface area contributed by atoms with E-state index in [0.717, 1.165) is 0 Å². The normalized spacial score (nSPS) is 19.2. The average Bonchev–Trinajstić information content (AvgIpc) is 2.11. The van der Waals surface area contributed by atoms with Gasteiger partial charge in [-0.1, -0.05) is 0 Å². The molecule has 0 aliphatic heterocycles. The summed E-state index contributed by atoms with van der Waals surface area (Å²) >= 11 is 0. The minimum atomic E-state index is -1.52. The summed E-state index contributed by atoms with van der Waals surface area (Å²) in [6, 6.07) is -1.21. The lowest BCUT2D eigenvalue weighted by molar-refractivity contribution is -0.128. The zero-order valence-electron chi connectivity index (χ0n) is 8.04. The van der Waals surface area contributed by atoms with E-state index >= 15 is 0 Å². The van der Waals surface area contributed by atoms with Crippen LogP contribution in [-0.4, -0.2) is 51.9 Å². The summed E-state index contributed by atoms with van der Waals surface area (Å²) in [6.07, 6.45) is -3.87. The summed E-state index contributed by atoms with van der Waals surface area (Å²) in [5, 5.41) is 29.6. The molecule has 0 rings (SSSR count). The van der Waals surface area contributed by atoms with Crippen LogP contribution >= 0.6 is 0 Å². The van der Waals surface area contributed by atoms with E-state index in [9.17, 15) is 19.8 Å². The molecule has 4 N–H and O–H groups in total. The molecule has 0 aliphatic rings. The molecular formula is C8H15NO5. The molecule has 1 amide bonds. The second-order valence-corrected chi connectivity index (χ2v) is 3.08. The highest BCUT2D eigenvalue weighted by atomic mass is 16.4. The van der Waals surface area contributed by atoms with Crippen LogP contribution in [0.4, 0.5) is 0 Å². The highest BCUT2D eigenvalue weighted by Gasteiger charge is 2.29. The molecule has 0 aromatic carbocycles. The Morgan fingerprint density at radius 3 is 2.07 bits per heavy atom. The molecule has 4 atom stereocenters. The van der Waals surface area contributed by atoms with Crippen LogP contribution in [0.25, 0.3) is 0 Å². The Balaban J connectivity index is 4.36. The largest absolute Gasteiger partial charge is 0.391 e. The Morgan fingerprint density at radius 1 is 1.29 bits per heavy atom. The third-order valence-electron chi connectivity index (χ3n) is 1.73. The van der Waals surface area contributed by atoms with Crippen molar-refractivity contribution in [3.05, 3.63) is 0 Å². The van der Waals surface area contributed by atoms with E-state index < -0.39 is 30.3 Å². The molecule has 6 heteroatoms. The lowest BCUT2D eigenvalue weighted by atomic mass is 10.0. The number of hydrogen-bond acceptors (Lipinski definition) is 5. The first kappa shape index (κ1) is 13.0. The van der Waals surface area contributed by atoms with Gasteiger partial charge >= 0.3 is 0 Å². The summed E-state index contributed by atoms with van der Waals surface area (Å²) in [5.41, 5.74) is 0. The van der Waals surface area contributed by atoms with Crippen LogP contribution in [0.3, 0.4) is 0 Å². The maximum Gasteiger partial charge on any atom is 0.217 e. The molecule has 0 bridgehead atoms. The fourth-order valence-electron chi connectivity index (χ4n) is 0.932. The third kappa shape index (κ3) is 3.82.